The predicted octanol–water partition coefficient (Wildman–Crippen LogP) is 1.59. The lowest BCUT2D eigenvalue weighted by molar-refractivity contribution is 0.403. The van der Waals surface area contributed by atoms with Gasteiger partial charge in [0.1, 0.15) is 0 Å². The second kappa shape index (κ2) is 6.50. The lowest BCUT2D eigenvalue weighted by Crippen LogP contribution is -2.33. The first-order chi connectivity index (χ1) is 8.08. The fraction of sp³-hybridized carbons (Fsp3) is 0.583. The molecule has 0 spiro atoms. The van der Waals surface area contributed by atoms with E-state index in [1.807, 2.05) is 6.92 Å². The summed E-state index contributed by atoms with van der Waals surface area (Å²) in [5, 5.41) is 3.44. The van der Waals surface area contributed by atoms with Crippen LogP contribution >= 0.6 is 12.4 Å². The Hall–Kier alpha value is -0.650. The molecule has 0 bridgehead atoms. The summed E-state index contributed by atoms with van der Waals surface area (Å²) in [7, 11) is -3.23. The fourth-order valence-electron chi connectivity index (χ4n) is 2.10. The van der Waals surface area contributed by atoms with Gasteiger partial charge in [-0.15, -0.1) is 12.4 Å². The fourth-order valence-corrected chi connectivity index (χ4v) is 3.66. The van der Waals surface area contributed by atoms with Crippen molar-refractivity contribution in [2.45, 2.75) is 24.8 Å². The van der Waals surface area contributed by atoms with Gasteiger partial charge in [0.2, 0.25) is 0 Å². The Balaban J connectivity index is 0.00000162. The number of aryl methyl sites for hydroxylation is 1. The number of piperidine rings is 1. The summed E-state index contributed by atoms with van der Waals surface area (Å²) in [6.45, 7) is 3.69. The van der Waals surface area contributed by atoms with Crippen LogP contribution in [0.25, 0.3) is 0 Å². The first-order valence-corrected chi connectivity index (χ1v) is 7.59. The average Bonchev–Trinajstić information content (AvgIpc) is 2.30. The first kappa shape index (κ1) is 15.4. The van der Waals surface area contributed by atoms with Gasteiger partial charge >= 0.3 is 0 Å². The van der Waals surface area contributed by atoms with E-state index < -0.39 is 9.84 Å². The van der Waals surface area contributed by atoms with E-state index in [4.69, 9.17) is 0 Å². The van der Waals surface area contributed by atoms with Crippen LogP contribution in [0.15, 0.2) is 23.4 Å². The highest BCUT2D eigenvalue weighted by Gasteiger charge is 2.23. The van der Waals surface area contributed by atoms with Gasteiger partial charge in [0.15, 0.2) is 14.9 Å². The Morgan fingerprint density at radius 3 is 2.78 bits per heavy atom. The van der Waals surface area contributed by atoms with Crippen molar-refractivity contribution in [3.63, 3.8) is 0 Å². The predicted molar refractivity (Wildman–Crippen MR) is 73.9 cm³/mol. The van der Waals surface area contributed by atoms with Crippen molar-refractivity contribution in [3.8, 4) is 0 Å². The zero-order valence-electron chi connectivity index (χ0n) is 10.4. The minimum Gasteiger partial charge on any atom is -0.316 e. The second-order valence-electron chi connectivity index (χ2n) is 4.67. The van der Waals surface area contributed by atoms with Crippen LogP contribution in [0, 0.1) is 12.8 Å². The number of aromatic nitrogens is 1. The maximum Gasteiger partial charge on any atom is 0.195 e. The van der Waals surface area contributed by atoms with Crippen molar-refractivity contribution in [2.24, 2.45) is 5.92 Å². The summed E-state index contributed by atoms with van der Waals surface area (Å²) in [5.41, 5.74) is 0.975. The highest BCUT2D eigenvalue weighted by atomic mass is 35.5. The lowest BCUT2D eigenvalue weighted by Gasteiger charge is -2.22. The Kier molecular flexibility index (Phi) is 5.56. The number of hydrogen-bond donors (Lipinski definition) is 1. The van der Waals surface area contributed by atoms with E-state index in [1.54, 1.807) is 18.3 Å². The van der Waals surface area contributed by atoms with E-state index in [-0.39, 0.29) is 29.1 Å². The van der Waals surface area contributed by atoms with Crippen LogP contribution in [-0.4, -0.2) is 32.2 Å². The minimum atomic E-state index is -3.23. The Labute approximate surface area is 115 Å². The zero-order chi connectivity index (χ0) is 12.3. The van der Waals surface area contributed by atoms with Gasteiger partial charge in [-0.1, -0.05) is 6.07 Å². The molecule has 18 heavy (non-hydrogen) atoms. The third-order valence-corrected chi connectivity index (χ3v) is 4.85. The molecule has 102 valence electrons. The number of pyridine rings is 1. The van der Waals surface area contributed by atoms with Gasteiger partial charge in [0, 0.05) is 6.20 Å². The van der Waals surface area contributed by atoms with Crippen molar-refractivity contribution in [1.29, 1.82) is 0 Å². The summed E-state index contributed by atoms with van der Waals surface area (Å²) in [6, 6.07) is 3.39. The second-order valence-corrected chi connectivity index (χ2v) is 6.65. The Morgan fingerprint density at radius 1 is 1.44 bits per heavy atom. The molecule has 0 aromatic carbocycles. The highest BCUT2D eigenvalue weighted by molar-refractivity contribution is 7.91. The average molecular weight is 291 g/mol. The topological polar surface area (TPSA) is 59.1 Å². The quantitative estimate of drug-likeness (QED) is 0.918. The Bertz CT molecular complexity index is 467. The molecule has 6 heteroatoms. The molecule has 0 radical (unpaired) electrons. The maximum atomic E-state index is 12.1. The molecule has 1 aliphatic heterocycles. The van der Waals surface area contributed by atoms with Crippen molar-refractivity contribution in [3.05, 3.63) is 23.9 Å². The van der Waals surface area contributed by atoms with Crippen molar-refractivity contribution in [1.82, 2.24) is 10.3 Å². The van der Waals surface area contributed by atoms with Crippen LogP contribution in [0.2, 0.25) is 0 Å². The van der Waals surface area contributed by atoms with E-state index in [0.29, 0.717) is 0 Å². The van der Waals surface area contributed by atoms with Gasteiger partial charge in [-0.3, -0.25) is 0 Å². The molecule has 1 unspecified atom stereocenters. The molecule has 1 aromatic heterocycles. The number of rotatable bonds is 3. The van der Waals surface area contributed by atoms with Crippen molar-refractivity contribution in [2.75, 3.05) is 18.8 Å². The first-order valence-electron chi connectivity index (χ1n) is 5.94. The minimum absolute atomic E-state index is 0. The number of nitrogens with one attached hydrogen (secondary N) is 1. The highest BCUT2D eigenvalue weighted by Crippen LogP contribution is 2.17. The molecule has 0 amide bonds. The van der Waals surface area contributed by atoms with E-state index in [9.17, 15) is 8.42 Å². The Morgan fingerprint density at radius 2 is 2.22 bits per heavy atom. The zero-order valence-corrected chi connectivity index (χ0v) is 12.1. The summed E-state index contributed by atoms with van der Waals surface area (Å²) in [4.78, 5) is 4.01. The molecule has 1 aromatic rings. The van der Waals surface area contributed by atoms with Crippen molar-refractivity contribution < 1.29 is 8.42 Å². The molecule has 2 rings (SSSR count). The number of nitrogens with zero attached hydrogens (tertiary/aromatic N) is 1. The van der Waals surface area contributed by atoms with Crippen LogP contribution in [0.3, 0.4) is 0 Å². The van der Waals surface area contributed by atoms with Gasteiger partial charge in [-0.2, -0.15) is 0 Å². The molecular formula is C12H19ClN2O2S. The molecule has 2 heterocycles. The van der Waals surface area contributed by atoms with Crippen molar-refractivity contribution >= 4 is 22.2 Å². The molecular weight excluding hydrogens is 272 g/mol. The third kappa shape index (κ3) is 3.93. The summed E-state index contributed by atoms with van der Waals surface area (Å²) in [6.07, 6.45) is 3.64. The van der Waals surface area contributed by atoms with Crippen LogP contribution in [0.4, 0.5) is 0 Å². The van der Waals surface area contributed by atoms with Crippen LogP contribution in [0.1, 0.15) is 18.4 Å². The van der Waals surface area contributed by atoms with E-state index >= 15 is 0 Å². The number of hydrogen-bond acceptors (Lipinski definition) is 4. The normalized spacial score (nSPS) is 20.2. The van der Waals surface area contributed by atoms with Crippen LogP contribution in [-0.2, 0) is 9.84 Å². The molecule has 1 aliphatic rings. The van der Waals surface area contributed by atoms with Gasteiger partial charge in [-0.05, 0) is 50.4 Å². The maximum absolute atomic E-state index is 12.1. The molecule has 1 saturated heterocycles. The molecule has 0 saturated carbocycles. The SMILES string of the molecule is Cc1ccc(S(=O)(=O)CC2CCCNC2)nc1.Cl. The summed E-state index contributed by atoms with van der Waals surface area (Å²) < 4.78 is 24.2. The van der Waals surface area contributed by atoms with Gasteiger partial charge in [-0.25, -0.2) is 13.4 Å². The van der Waals surface area contributed by atoms with E-state index in [2.05, 4.69) is 10.3 Å². The lowest BCUT2D eigenvalue weighted by atomic mass is 10.0. The molecule has 0 aliphatic carbocycles. The molecule has 4 nitrogen and oxygen atoms in total. The van der Waals surface area contributed by atoms with Gasteiger partial charge in [0.05, 0.1) is 5.75 Å². The number of halogens is 1. The standard InChI is InChI=1S/C12H18N2O2S.ClH/c1-10-4-5-12(14-7-10)17(15,16)9-11-3-2-6-13-8-11;/h4-5,7,11,13H,2-3,6,8-9H2,1H3;1H. The smallest absolute Gasteiger partial charge is 0.195 e. The van der Waals surface area contributed by atoms with E-state index in [0.717, 1.165) is 31.5 Å². The van der Waals surface area contributed by atoms with Crippen LogP contribution < -0.4 is 5.32 Å². The van der Waals surface area contributed by atoms with E-state index in [1.165, 1.54) is 0 Å². The molecule has 1 atom stereocenters. The largest absolute Gasteiger partial charge is 0.316 e. The summed E-state index contributed by atoms with van der Waals surface area (Å²) in [5.74, 6) is 0.424. The molecule has 1 fully saturated rings. The summed E-state index contributed by atoms with van der Waals surface area (Å²) >= 11 is 0. The van der Waals surface area contributed by atoms with Gasteiger partial charge in [0.25, 0.3) is 0 Å². The molecule has 1 N–H and O–H groups in total. The number of sulfone groups is 1. The monoisotopic (exact) mass is 290 g/mol. The van der Waals surface area contributed by atoms with Gasteiger partial charge < -0.3 is 5.32 Å². The third-order valence-electron chi connectivity index (χ3n) is 3.06. The van der Waals surface area contributed by atoms with Crippen LogP contribution in [0.5, 0.6) is 0 Å².